The molecule has 13 heavy (non-hydrogen) atoms. The predicted molar refractivity (Wildman–Crippen MR) is 55.1 cm³/mol. The van der Waals surface area contributed by atoms with E-state index in [-0.39, 0.29) is 0 Å². The lowest BCUT2D eigenvalue weighted by atomic mass is 9.66. The van der Waals surface area contributed by atoms with E-state index in [0.717, 1.165) is 24.7 Å². The molecule has 1 rings (SSSR count). The van der Waals surface area contributed by atoms with Crippen LogP contribution in [0.25, 0.3) is 0 Å². The summed E-state index contributed by atoms with van der Waals surface area (Å²) >= 11 is 0. The Morgan fingerprint density at radius 1 is 1.38 bits per heavy atom. The maximum absolute atomic E-state index is 8.95. The summed E-state index contributed by atoms with van der Waals surface area (Å²) < 4.78 is 0. The predicted octanol–water partition coefficient (Wildman–Crippen LogP) is 1.77. The molecule has 0 spiro atoms. The van der Waals surface area contributed by atoms with Gasteiger partial charge in [-0.25, -0.2) is 0 Å². The van der Waals surface area contributed by atoms with Gasteiger partial charge in [0.15, 0.2) is 0 Å². The van der Waals surface area contributed by atoms with E-state index in [4.69, 9.17) is 10.0 Å². The highest BCUT2D eigenvalue weighted by molar-refractivity contribution is 6.50. The normalized spacial score (nSPS) is 24.1. The zero-order chi connectivity index (χ0) is 10.1. The third-order valence-corrected chi connectivity index (χ3v) is 3.00. The topological polar surface area (TPSA) is 40.5 Å². The van der Waals surface area contributed by atoms with Crippen molar-refractivity contribution in [2.45, 2.75) is 40.0 Å². The number of rotatable bonds is 1. The average molecular weight is 182 g/mol. The first-order valence-corrected chi connectivity index (χ1v) is 4.96. The van der Waals surface area contributed by atoms with Gasteiger partial charge in [-0.1, -0.05) is 26.8 Å². The molecule has 0 radical (unpaired) electrons. The highest BCUT2D eigenvalue weighted by Crippen LogP contribution is 2.37. The van der Waals surface area contributed by atoms with Gasteiger partial charge in [0.1, 0.15) is 0 Å². The molecular weight excluding hydrogens is 163 g/mol. The maximum Gasteiger partial charge on any atom is 0.483 e. The molecule has 0 saturated heterocycles. The third kappa shape index (κ3) is 2.85. The number of hydrogen-bond acceptors (Lipinski definition) is 2. The second kappa shape index (κ2) is 3.85. The van der Waals surface area contributed by atoms with Gasteiger partial charge in [0, 0.05) is 0 Å². The molecule has 3 heteroatoms. The molecule has 0 saturated carbocycles. The average Bonchev–Trinajstić information content (AvgIpc) is 2.03. The molecule has 1 aliphatic rings. The zero-order valence-corrected chi connectivity index (χ0v) is 8.75. The van der Waals surface area contributed by atoms with Crippen LogP contribution in [0, 0.1) is 11.3 Å². The molecule has 0 heterocycles. The van der Waals surface area contributed by atoms with E-state index in [1.807, 2.05) is 6.08 Å². The highest BCUT2D eigenvalue weighted by atomic mass is 16.4. The van der Waals surface area contributed by atoms with Crippen molar-refractivity contribution >= 4 is 7.12 Å². The second-order valence-electron chi connectivity index (χ2n) is 4.99. The first-order chi connectivity index (χ1) is 5.91. The molecular formula is C10H19BO2. The molecule has 1 atom stereocenters. The molecule has 0 aromatic carbocycles. The third-order valence-electron chi connectivity index (χ3n) is 3.00. The summed E-state index contributed by atoms with van der Waals surface area (Å²) in [6, 6.07) is 0. The summed E-state index contributed by atoms with van der Waals surface area (Å²) in [6.07, 6.45) is 4.88. The minimum Gasteiger partial charge on any atom is -0.423 e. The van der Waals surface area contributed by atoms with Gasteiger partial charge in [-0.05, 0) is 36.1 Å². The maximum atomic E-state index is 8.95. The van der Waals surface area contributed by atoms with Gasteiger partial charge < -0.3 is 10.0 Å². The van der Waals surface area contributed by atoms with Crippen molar-refractivity contribution in [1.29, 1.82) is 0 Å². The van der Waals surface area contributed by atoms with E-state index >= 15 is 0 Å². The molecule has 0 bridgehead atoms. The zero-order valence-electron chi connectivity index (χ0n) is 8.75. The van der Waals surface area contributed by atoms with Gasteiger partial charge in [-0.15, -0.1) is 0 Å². The van der Waals surface area contributed by atoms with Crippen molar-refractivity contribution in [3.63, 3.8) is 0 Å². The Bertz CT molecular complexity index is 203. The lowest BCUT2D eigenvalue weighted by molar-refractivity contribution is 0.221. The van der Waals surface area contributed by atoms with Crippen LogP contribution in [-0.2, 0) is 0 Å². The molecule has 2 N–H and O–H groups in total. The molecule has 0 aromatic heterocycles. The van der Waals surface area contributed by atoms with Crippen molar-refractivity contribution in [3.05, 3.63) is 11.5 Å². The van der Waals surface area contributed by atoms with Crippen LogP contribution in [0.2, 0.25) is 0 Å². The van der Waals surface area contributed by atoms with Gasteiger partial charge in [-0.2, -0.15) is 0 Å². The Morgan fingerprint density at radius 3 is 2.31 bits per heavy atom. The smallest absolute Gasteiger partial charge is 0.423 e. The van der Waals surface area contributed by atoms with Crippen molar-refractivity contribution in [2.75, 3.05) is 0 Å². The monoisotopic (exact) mass is 182 g/mol. The SMILES string of the molecule is CC(C)(C)[C@@H]1CC=C(B(O)O)CC1. The van der Waals surface area contributed by atoms with Gasteiger partial charge in [0.05, 0.1) is 0 Å². The van der Waals surface area contributed by atoms with Crippen LogP contribution in [0.3, 0.4) is 0 Å². The van der Waals surface area contributed by atoms with E-state index in [1.54, 1.807) is 0 Å². The van der Waals surface area contributed by atoms with Crippen molar-refractivity contribution < 1.29 is 10.0 Å². The fourth-order valence-corrected chi connectivity index (χ4v) is 1.88. The summed E-state index contributed by atoms with van der Waals surface area (Å²) in [5, 5.41) is 17.9. The second-order valence-corrected chi connectivity index (χ2v) is 4.99. The molecule has 2 nitrogen and oxygen atoms in total. The van der Waals surface area contributed by atoms with E-state index in [9.17, 15) is 0 Å². The fraction of sp³-hybridized carbons (Fsp3) is 0.800. The van der Waals surface area contributed by atoms with Crippen LogP contribution in [0.1, 0.15) is 40.0 Å². The van der Waals surface area contributed by atoms with E-state index in [2.05, 4.69) is 20.8 Å². The van der Waals surface area contributed by atoms with Gasteiger partial charge in [0.2, 0.25) is 0 Å². The van der Waals surface area contributed by atoms with Gasteiger partial charge in [-0.3, -0.25) is 0 Å². The fourth-order valence-electron chi connectivity index (χ4n) is 1.88. The van der Waals surface area contributed by atoms with Crippen molar-refractivity contribution in [3.8, 4) is 0 Å². The Kier molecular flexibility index (Phi) is 3.20. The van der Waals surface area contributed by atoms with Gasteiger partial charge in [0.25, 0.3) is 0 Å². The summed E-state index contributed by atoms with van der Waals surface area (Å²) in [5.74, 6) is 0.676. The quantitative estimate of drug-likeness (QED) is 0.606. The molecule has 0 unspecified atom stereocenters. The van der Waals surface area contributed by atoms with Gasteiger partial charge >= 0.3 is 7.12 Å². The Balaban J connectivity index is 2.56. The minimum atomic E-state index is -1.24. The first kappa shape index (κ1) is 10.8. The lowest BCUT2D eigenvalue weighted by Gasteiger charge is -2.33. The van der Waals surface area contributed by atoms with E-state index < -0.39 is 7.12 Å². The van der Waals surface area contributed by atoms with Crippen LogP contribution in [-0.4, -0.2) is 17.2 Å². The highest BCUT2D eigenvalue weighted by Gasteiger charge is 2.28. The summed E-state index contributed by atoms with van der Waals surface area (Å²) in [7, 11) is -1.24. The lowest BCUT2D eigenvalue weighted by Crippen LogP contribution is -2.26. The Morgan fingerprint density at radius 2 is 2.00 bits per heavy atom. The molecule has 0 aromatic rings. The van der Waals surface area contributed by atoms with Crippen LogP contribution in [0.15, 0.2) is 11.5 Å². The van der Waals surface area contributed by atoms with Crippen LogP contribution >= 0.6 is 0 Å². The molecule has 74 valence electrons. The van der Waals surface area contributed by atoms with Crippen molar-refractivity contribution in [2.24, 2.45) is 11.3 Å². The van der Waals surface area contributed by atoms with E-state index in [1.165, 1.54) is 0 Å². The first-order valence-electron chi connectivity index (χ1n) is 4.96. The summed E-state index contributed by atoms with van der Waals surface area (Å²) in [4.78, 5) is 0. The molecule has 1 aliphatic carbocycles. The minimum absolute atomic E-state index is 0.336. The number of allylic oxidation sites excluding steroid dienone is 2. The standard InChI is InChI=1S/C10H19BO2/c1-10(2,3)8-4-6-9(7-5-8)11(12)13/h6,8,12-13H,4-5,7H2,1-3H3/t8-/m1/s1. The van der Waals surface area contributed by atoms with Crippen LogP contribution in [0.4, 0.5) is 0 Å². The van der Waals surface area contributed by atoms with Crippen LogP contribution < -0.4 is 0 Å². The number of hydrogen-bond donors (Lipinski definition) is 2. The van der Waals surface area contributed by atoms with Crippen LogP contribution in [0.5, 0.6) is 0 Å². The van der Waals surface area contributed by atoms with Crippen molar-refractivity contribution in [1.82, 2.24) is 0 Å². The summed E-state index contributed by atoms with van der Waals surface area (Å²) in [6.45, 7) is 6.73. The Hall–Kier alpha value is -0.275. The Labute approximate surface area is 80.8 Å². The molecule has 0 amide bonds. The molecule has 0 aliphatic heterocycles. The largest absolute Gasteiger partial charge is 0.483 e. The molecule has 0 fully saturated rings. The summed E-state index contributed by atoms with van der Waals surface area (Å²) in [5.41, 5.74) is 1.13. The van der Waals surface area contributed by atoms with E-state index in [0.29, 0.717) is 11.3 Å².